The van der Waals surface area contributed by atoms with Gasteiger partial charge in [-0.2, -0.15) is 0 Å². The lowest BCUT2D eigenvalue weighted by atomic mass is 10.0. The average Bonchev–Trinajstić information content (AvgIpc) is 2.45. The minimum Gasteiger partial charge on any atom is -0.488 e. The van der Waals surface area contributed by atoms with E-state index in [0.717, 1.165) is 11.1 Å². The molecule has 110 valence electrons. The van der Waals surface area contributed by atoms with Crippen LogP contribution >= 0.6 is 0 Å². The number of hydrogen-bond donors (Lipinski definition) is 1. The number of nitrogens with two attached hydrogens (primary N) is 1. The molecule has 3 heteroatoms. The first-order valence-electron chi connectivity index (χ1n) is 7.09. The maximum absolute atomic E-state index is 11.4. The van der Waals surface area contributed by atoms with Crippen molar-refractivity contribution in [2.24, 2.45) is 5.73 Å². The molecule has 0 atom stereocenters. The number of carbonyl (C=O) groups is 1. The Bertz CT molecular complexity index is 630. The molecule has 0 fully saturated rings. The van der Waals surface area contributed by atoms with E-state index in [1.165, 1.54) is 5.56 Å². The maximum atomic E-state index is 11.4. The van der Waals surface area contributed by atoms with Crippen LogP contribution < -0.4 is 10.5 Å². The Balaban J connectivity index is 2.12. The van der Waals surface area contributed by atoms with E-state index in [2.05, 4.69) is 38.1 Å². The molecular formula is C18H21NO2. The Labute approximate surface area is 125 Å². The predicted octanol–water partition coefficient (Wildman–Crippen LogP) is 3.80. The Morgan fingerprint density at radius 2 is 1.81 bits per heavy atom. The summed E-state index contributed by atoms with van der Waals surface area (Å²) < 4.78 is 5.76. The van der Waals surface area contributed by atoms with E-state index in [0.29, 0.717) is 23.8 Å². The second kappa shape index (κ2) is 6.44. The minimum absolute atomic E-state index is 0.416. The van der Waals surface area contributed by atoms with Crippen molar-refractivity contribution in [1.82, 2.24) is 0 Å². The molecule has 2 rings (SSSR count). The van der Waals surface area contributed by atoms with Crippen molar-refractivity contribution in [3.63, 3.8) is 0 Å². The Morgan fingerprint density at radius 1 is 1.14 bits per heavy atom. The third kappa shape index (κ3) is 3.85. The van der Waals surface area contributed by atoms with Crippen LogP contribution in [-0.2, 0) is 6.61 Å². The van der Waals surface area contributed by atoms with E-state index < -0.39 is 5.91 Å². The van der Waals surface area contributed by atoms with E-state index in [4.69, 9.17) is 10.5 Å². The highest BCUT2D eigenvalue weighted by Gasteiger charge is 2.09. The zero-order valence-corrected chi connectivity index (χ0v) is 12.7. The molecule has 0 aliphatic carbocycles. The summed E-state index contributed by atoms with van der Waals surface area (Å²) in [5.74, 6) is 0.578. The molecular weight excluding hydrogens is 262 g/mol. The zero-order valence-electron chi connectivity index (χ0n) is 12.7. The lowest BCUT2D eigenvalue weighted by Gasteiger charge is -2.11. The van der Waals surface area contributed by atoms with Crippen LogP contribution in [-0.4, -0.2) is 5.91 Å². The fourth-order valence-corrected chi connectivity index (χ4v) is 2.11. The molecule has 0 radical (unpaired) electrons. The normalized spacial score (nSPS) is 10.7. The monoisotopic (exact) mass is 283 g/mol. The summed E-state index contributed by atoms with van der Waals surface area (Å²) in [6, 6.07) is 13.7. The Hall–Kier alpha value is -2.29. The molecule has 0 heterocycles. The van der Waals surface area contributed by atoms with Gasteiger partial charge in [0.2, 0.25) is 0 Å². The van der Waals surface area contributed by atoms with E-state index in [1.54, 1.807) is 6.07 Å². The average molecular weight is 283 g/mol. The molecule has 3 nitrogen and oxygen atoms in total. The number of carbonyl (C=O) groups excluding carboxylic acids is 1. The molecule has 0 bridgehead atoms. The molecule has 2 aromatic rings. The van der Waals surface area contributed by atoms with Gasteiger partial charge >= 0.3 is 0 Å². The first kappa shape index (κ1) is 15.1. The maximum Gasteiger partial charge on any atom is 0.252 e. The van der Waals surface area contributed by atoms with Crippen LogP contribution in [0.3, 0.4) is 0 Å². The number of aryl methyl sites for hydroxylation is 1. The van der Waals surface area contributed by atoms with Crippen molar-refractivity contribution in [2.75, 3.05) is 0 Å². The van der Waals surface area contributed by atoms with Crippen LogP contribution in [0, 0.1) is 6.92 Å². The highest BCUT2D eigenvalue weighted by atomic mass is 16.5. The van der Waals surface area contributed by atoms with Crippen molar-refractivity contribution in [3.05, 3.63) is 64.7 Å². The number of amides is 1. The topological polar surface area (TPSA) is 52.3 Å². The first-order chi connectivity index (χ1) is 9.97. The van der Waals surface area contributed by atoms with Gasteiger partial charge in [-0.05, 0) is 41.7 Å². The third-order valence-electron chi connectivity index (χ3n) is 3.44. The Morgan fingerprint density at radius 3 is 2.38 bits per heavy atom. The van der Waals surface area contributed by atoms with Gasteiger partial charge in [0.15, 0.2) is 0 Å². The van der Waals surface area contributed by atoms with Crippen LogP contribution in [0.15, 0.2) is 42.5 Å². The van der Waals surface area contributed by atoms with Gasteiger partial charge in [-0.15, -0.1) is 0 Å². The molecule has 0 saturated carbocycles. The lowest BCUT2D eigenvalue weighted by molar-refractivity contribution is 0.0996. The fourth-order valence-electron chi connectivity index (χ4n) is 2.11. The van der Waals surface area contributed by atoms with Crippen molar-refractivity contribution in [3.8, 4) is 5.75 Å². The molecule has 0 spiro atoms. The van der Waals surface area contributed by atoms with Crippen molar-refractivity contribution >= 4 is 5.91 Å². The summed E-state index contributed by atoms with van der Waals surface area (Å²) in [4.78, 5) is 11.4. The third-order valence-corrected chi connectivity index (χ3v) is 3.44. The van der Waals surface area contributed by atoms with Gasteiger partial charge in [0.25, 0.3) is 5.91 Å². The molecule has 0 aliphatic heterocycles. The van der Waals surface area contributed by atoms with E-state index in [-0.39, 0.29) is 0 Å². The smallest absolute Gasteiger partial charge is 0.252 e. The fraction of sp³-hybridized carbons (Fsp3) is 0.278. The number of primary amides is 1. The van der Waals surface area contributed by atoms with Gasteiger partial charge in [-0.1, -0.05) is 44.2 Å². The lowest BCUT2D eigenvalue weighted by Crippen LogP contribution is -2.13. The summed E-state index contributed by atoms with van der Waals surface area (Å²) in [6.45, 7) is 6.70. The van der Waals surface area contributed by atoms with Crippen LogP contribution in [0.5, 0.6) is 5.75 Å². The van der Waals surface area contributed by atoms with Gasteiger partial charge in [0.1, 0.15) is 12.4 Å². The summed E-state index contributed by atoms with van der Waals surface area (Å²) in [7, 11) is 0. The van der Waals surface area contributed by atoms with Gasteiger partial charge < -0.3 is 10.5 Å². The summed E-state index contributed by atoms with van der Waals surface area (Å²) in [6.07, 6.45) is 0. The van der Waals surface area contributed by atoms with Crippen LogP contribution in [0.1, 0.15) is 46.8 Å². The molecule has 0 unspecified atom stereocenters. The van der Waals surface area contributed by atoms with E-state index >= 15 is 0 Å². The molecule has 0 aliphatic rings. The highest BCUT2D eigenvalue weighted by Crippen LogP contribution is 2.22. The predicted molar refractivity (Wildman–Crippen MR) is 84.6 cm³/mol. The zero-order chi connectivity index (χ0) is 15.4. The van der Waals surface area contributed by atoms with Gasteiger partial charge in [-0.3, -0.25) is 4.79 Å². The number of benzene rings is 2. The molecule has 2 aromatic carbocycles. The molecule has 1 amide bonds. The molecule has 2 N–H and O–H groups in total. The molecule has 0 saturated heterocycles. The number of hydrogen-bond acceptors (Lipinski definition) is 2. The van der Waals surface area contributed by atoms with Gasteiger partial charge in [0, 0.05) is 0 Å². The standard InChI is InChI=1S/C18H21NO2/c1-12(2)15-7-5-14(6-8-15)11-21-17-10-13(3)4-9-16(17)18(19)20/h4-10,12H,11H2,1-3H3,(H2,19,20). The number of ether oxygens (including phenoxy) is 1. The Kier molecular flexibility index (Phi) is 4.63. The van der Waals surface area contributed by atoms with Crippen LogP contribution in [0.25, 0.3) is 0 Å². The molecule has 21 heavy (non-hydrogen) atoms. The van der Waals surface area contributed by atoms with E-state index in [1.807, 2.05) is 19.1 Å². The van der Waals surface area contributed by atoms with Crippen LogP contribution in [0.2, 0.25) is 0 Å². The highest BCUT2D eigenvalue weighted by molar-refractivity contribution is 5.95. The van der Waals surface area contributed by atoms with Crippen molar-refractivity contribution in [2.45, 2.75) is 33.3 Å². The summed E-state index contributed by atoms with van der Waals surface area (Å²) >= 11 is 0. The second-order valence-electron chi connectivity index (χ2n) is 5.55. The number of rotatable bonds is 5. The van der Waals surface area contributed by atoms with Crippen molar-refractivity contribution in [1.29, 1.82) is 0 Å². The second-order valence-corrected chi connectivity index (χ2v) is 5.55. The quantitative estimate of drug-likeness (QED) is 0.907. The largest absolute Gasteiger partial charge is 0.488 e. The summed E-state index contributed by atoms with van der Waals surface area (Å²) in [5.41, 5.74) is 9.18. The van der Waals surface area contributed by atoms with Gasteiger partial charge in [-0.25, -0.2) is 0 Å². The van der Waals surface area contributed by atoms with E-state index in [9.17, 15) is 4.79 Å². The minimum atomic E-state index is -0.472. The first-order valence-corrected chi connectivity index (χ1v) is 7.09. The van der Waals surface area contributed by atoms with Crippen LogP contribution in [0.4, 0.5) is 0 Å². The van der Waals surface area contributed by atoms with Crippen molar-refractivity contribution < 1.29 is 9.53 Å². The summed E-state index contributed by atoms with van der Waals surface area (Å²) in [5, 5.41) is 0. The molecule has 0 aromatic heterocycles. The van der Waals surface area contributed by atoms with Gasteiger partial charge in [0.05, 0.1) is 5.56 Å². The SMILES string of the molecule is Cc1ccc(C(N)=O)c(OCc2ccc(C(C)C)cc2)c1.